The molecule has 0 bridgehead atoms. The van der Waals surface area contributed by atoms with Crippen LogP contribution in [0.3, 0.4) is 0 Å². The number of ether oxygens (including phenoxy) is 1. The molecule has 0 unspecified atom stereocenters. The van der Waals surface area contributed by atoms with Crippen LogP contribution in [0.25, 0.3) is 0 Å². The lowest BCUT2D eigenvalue weighted by molar-refractivity contribution is 0.0731. The lowest BCUT2D eigenvalue weighted by Gasteiger charge is -2.18. The van der Waals surface area contributed by atoms with E-state index >= 15 is 0 Å². The number of carbonyl (C=O) groups excluding carboxylic acids is 1. The SMILES string of the molecule is CC(C)c1cccc(C(C)C)c1OC(=O)c1ccc(Br)cc1. The molecule has 0 N–H and O–H groups in total. The Morgan fingerprint density at radius 2 is 1.41 bits per heavy atom. The molecule has 3 heteroatoms. The van der Waals surface area contributed by atoms with Crippen molar-refractivity contribution in [2.24, 2.45) is 0 Å². The molecule has 2 aromatic rings. The molecule has 0 aromatic heterocycles. The fraction of sp³-hybridized carbons (Fsp3) is 0.316. The predicted octanol–water partition coefficient (Wildman–Crippen LogP) is 5.92. The highest BCUT2D eigenvalue weighted by molar-refractivity contribution is 9.10. The largest absolute Gasteiger partial charge is 0.422 e. The number of para-hydroxylation sites is 1. The van der Waals surface area contributed by atoms with Crippen LogP contribution in [-0.4, -0.2) is 5.97 Å². The average molecular weight is 361 g/mol. The Balaban J connectivity index is 2.39. The molecule has 0 aliphatic carbocycles. The van der Waals surface area contributed by atoms with Gasteiger partial charge in [-0.15, -0.1) is 0 Å². The van der Waals surface area contributed by atoms with E-state index in [2.05, 4.69) is 43.6 Å². The van der Waals surface area contributed by atoms with Crippen molar-refractivity contribution in [2.45, 2.75) is 39.5 Å². The molecule has 0 aliphatic rings. The third-order valence-electron chi connectivity index (χ3n) is 3.59. The topological polar surface area (TPSA) is 26.3 Å². The van der Waals surface area contributed by atoms with Crippen LogP contribution in [0.15, 0.2) is 46.9 Å². The minimum Gasteiger partial charge on any atom is -0.422 e. The van der Waals surface area contributed by atoms with Crippen LogP contribution in [0.5, 0.6) is 5.75 Å². The highest BCUT2D eigenvalue weighted by Gasteiger charge is 2.18. The fourth-order valence-corrected chi connectivity index (χ4v) is 2.60. The van der Waals surface area contributed by atoms with Gasteiger partial charge in [-0.25, -0.2) is 4.79 Å². The summed E-state index contributed by atoms with van der Waals surface area (Å²) in [5.41, 5.74) is 2.68. The zero-order valence-electron chi connectivity index (χ0n) is 13.4. The van der Waals surface area contributed by atoms with Gasteiger partial charge in [0.15, 0.2) is 0 Å². The Bertz CT molecular complexity index is 631. The Morgan fingerprint density at radius 3 is 1.86 bits per heavy atom. The summed E-state index contributed by atoms with van der Waals surface area (Å²) in [6, 6.07) is 13.3. The van der Waals surface area contributed by atoms with Crippen LogP contribution in [0.2, 0.25) is 0 Å². The van der Waals surface area contributed by atoms with E-state index in [0.717, 1.165) is 15.6 Å². The minimum absolute atomic E-state index is 0.298. The number of hydrogen-bond acceptors (Lipinski definition) is 2. The minimum atomic E-state index is -0.317. The summed E-state index contributed by atoms with van der Waals surface area (Å²) < 4.78 is 6.71. The maximum absolute atomic E-state index is 12.4. The number of benzene rings is 2. The van der Waals surface area contributed by atoms with Gasteiger partial charge in [-0.3, -0.25) is 0 Å². The zero-order chi connectivity index (χ0) is 16.3. The second kappa shape index (κ2) is 7.10. The van der Waals surface area contributed by atoms with Crippen molar-refractivity contribution in [3.63, 3.8) is 0 Å². The molecule has 22 heavy (non-hydrogen) atoms. The zero-order valence-corrected chi connectivity index (χ0v) is 15.0. The van der Waals surface area contributed by atoms with Gasteiger partial charge in [-0.1, -0.05) is 61.8 Å². The quantitative estimate of drug-likeness (QED) is 0.499. The maximum atomic E-state index is 12.4. The van der Waals surface area contributed by atoms with Gasteiger partial charge >= 0.3 is 5.97 Å². The number of esters is 1. The first-order valence-electron chi connectivity index (χ1n) is 7.50. The van der Waals surface area contributed by atoms with Crippen LogP contribution in [0, 0.1) is 0 Å². The summed E-state index contributed by atoms with van der Waals surface area (Å²) in [5.74, 6) is 0.987. The van der Waals surface area contributed by atoms with Crippen molar-refractivity contribution >= 4 is 21.9 Å². The van der Waals surface area contributed by atoms with Crippen LogP contribution in [-0.2, 0) is 0 Å². The molecule has 0 spiro atoms. The van der Waals surface area contributed by atoms with Crippen molar-refractivity contribution in [1.82, 2.24) is 0 Å². The van der Waals surface area contributed by atoms with Gasteiger partial charge < -0.3 is 4.74 Å². The van der Waals surface area contributed by atoms with Crippen LogP contribution < -0.4 is 4.74 Å². The van der Waals surface area contributed by atoms with Crippen molar-refractivity contribution in [3.8, 4) is 5.75 Å². The molecule has 0 amide bonds. The van der Waals surface area contributed by atoms with Crippen LogP contribution >= 0.6 is 15.9 Å². The molecule has 0 fully saturated rings. The number of hydrogen-bond donors (Lipinski definition) is 0. The third-order valence-corrected chi connectivity index (χ3v) is 4.12. The molecule has 0 aliphatic heterocycles. The van der Waals surface area contributed by atoms with Gasteiger partial charge in [0, 0.05) is 4.47 Å². The lowest BCUT2D eigenvalue weighted by Crippen LogP contribution is -2.12. The van der Waals surface area contributed by atoms with Crippen LogP contribution in [0.1, 0.15) is 61.0 Å². The maximum Gasteiger partial charge on any atom is 0.343 e. The molecule has 0 saturated carbocycles. The molecule has 2 aromatic carbocycles. The summed E-state index contributed by atoms with van der Waals surface area (Å²) in [6.45, 7) is 8.43. The van der Waals surface area contributed by atoms with Gasteiger partial charge in [0.1, 0.15) is 5.75 Å². The molecule has 2 rings (SSSR count). The molecule has 0 heterocycles. The summed E-state index contributed by atoms with van der Waals surface area (Å²) in [4.78, 5) is 12.4. The molecule has 116 valence electrons. The fourth-order valence-electron chi connectivity index (χ4n) is 2.34. The third kappa shape index (κ3) is 3.77. The summed E-state index contributed by atoms with van der Waals surface area (Å²) in [6.07, 6.45) is 0. The van der Waals surface area contributed by atoms with Gasteiger partial charge in [0.05, 0.1) is 5.56 Å². The number of halogens is 1. The van der Waals surface area contributed by atoms with E-state index in [9.17, 15) is 4.79 Å². The first-order chi connectivity index (χ1) is 10.4. The van der Waals surface area contributed by atoms with Crippen molar-refractivity contribution in [2.75, 3.05) is 0 Å². The normalized spacial score (nSPS) is 11.0. The van der Waals surface area contributed by atoms with Crippen molar-refractivity contribution in [3.05, 3.63) is 63.6 Å². The van der Waals surface area contributed by atoms with E-state index in [4.69, 9.17) is 4.74 Å². The Morgan fingerprint density at radius 1 is 0.909 bits per heavy atom. The van der Waals surface area contributed by atoms with E-state index < -0.39 is 0 Å². The Hall–Kier alpha value is -1.61. The number of carbonyl (C=O) groups is 1. The molecule has 0 radical (unpaired) electrons. The highest BCUT2D eigenvalue weighted by Crippen LogP contribution is 2.35. The highest BCUT2D eigenvalue weighted by atomic mass is 79.9. The van der Waals surface area contributed by atoms with Crippen LogP contribution in [0.4, 0.5) is 0 Å². The van der Waals surface area contributed by atoms with Gasteiger partial charge in [0.25, 0.3) is 0 Å². The Kier molecular flexibility index (Phi) is 5.41. The smallest absolute Gasteiger partial charge is 0.343 e. The van der Waals surface area contributed by atoms with Crippen molar-refractivity contribution in [1.29, 1.82) is 0 Å². The van der Waals surface area contributed by atoms with E-state index in [1.54, 1.807) is 12.1 Å². The lowest BCUT2D eigenvalue weighted by atomic mass is 9.94. The second-order valence-electron chi connectivity index (χ2n) is 5.97. The molecular formula is C19H21BrO2. The molecule has 0 atom stereocenters. The monoisotopic (exact) mass is 360 g/mol. The average Bonchev–Trinajstić information content (AvgIpc) is 2.47. The van der Waals surface area contributed by atoms with E-state index in [1.807, 2.05) is 30.3 Å². The summed E-state index contributed by atoms with van der Waals surface area (Å²) in [5, 5.41) is 0. The first kappa shape index (κ1) is 16.8. The molecule has 0 saturated heterocycles. The molecular weight excluding hydrogens is 340 g/mol. The standard InChI is InChI=1S/C19H21BrO2/c1-12(2)16-6-5-7-17(13(3)4)18(16)22-19(21)14-8-10-15(20)11-9-14/h5-13H,1-4H3. The summed E-state index contributed by atoms with van der Waals surface area (Å²) in [7, 11) is 0. The predicted molar refractivity (Wildman–Crippen MR) is 93.7 cm³/mol. The van der Waals surface area contributed by atoms with E-state index in [-0.39, 0.29) is 5.97 Å². The van der Waals surface area contributed by atoms with Gasteiger partial charge in [-0.2, -0.15) is 0 Å². The summed E-state index contributed by atoms with van der Waals surface area (Å²) >= 11 is 3.37. The van der Waals surface area contributed by atoms with E-state index in [1.165, 1.54) is 0 Å². The number of rotatable bonds is 4. The van der Waals surface area contributed by atoms with Gasteiger partial charge in [0.2, 0.25) is 0 Å². The first-order valence-corrected chi connectivity index (χ1v) is 8.30. The van der Waals surface area contributed by atoms with E-state index in [0.29, 0.717) is 23.1 Å². The second-order valence-corrected chi connectivity index (χ2v) is 6.89. The van der Waals surface area contributed by atoms with Gasteiger partial charge in [-0.05, 0) is 47.2 Å². The Labute approximate surface area is 140 Å². The molecule has 2 nitrogen and oxygen atoms in total. The van der Waals surface area contributed by atoms with Crippen molar-refractivity contribution < 1.29 is 9.53 Å².